The van der Waals surface area contributed by atoms with Crippen LogP contribution in [0.4, 0.5) is 0 Å². The summed E-state index contributed by atoms with van der Waals surface area (Å²) >= 11 is 3.56. The Bertz CT molecular complexity index is 970. The number of amides is 2. The van der Waals surface area contributed by atoms with Crippen molar-refractivity contribution in [2.45, 2.75) is 72.0 Å². The number of hydrogen-bond donors (Lipinski definition) is 1. The van der Waals surface area contributed by atoms with E-state index in [1.54, 1.807) is 18.9 Å². The third-order valence-corrected chi connectivity index (χ3v) is 6.45. The number of nitrogens with zero attached hydrogens (tertiary/aromatic N) is 1. The predicted octanol–water partition coefficient (Wildman–Crippen LogP) is 5.47. The molecule has 0 fully saturated rings. The number of carbonyl (C=O) groups excluding carboxylic acids is 2. The third-order valence-electron chi connectivity index (χ3n) is 5.83. The Kier molecular flexibility index (Phi) is 9.98. The quantitative estimate of drug-likeness (QED) is 0.440. The molecular weight excluding hydrogens is 496 g/mol. The molecule has 0 aliphatic rings. The van der Waals surface area contributed by atoms with Crippen LogP contribution >= 0.6 is 15.9 Å². The Hall–Kier alpha value is -2.54. The number of ether oxygens (including phenoxy) is 2. The summed E-state index contributed by atoms with van der Waals surface area (Å²) in [6.07, 6.45) is 0.812. The summed E-state index contributed by atoms with van der Waals surface area (Å²) in [7, 11) is 1.61. The zero-order valence-electron chi connectivity index (χ0n) is 21.3. The van der Waals surface area contributed by atoms with Crippen LogP contribution in [0, 0.1) is 0 Å². The van der Waals surface area contributed by atoms with Crippen LogP contribution in [0.2, 0.25) is 0 Å². The van der Waals surface area contributed by atoms with Crippen molar-refractivity contribution in [3.63, 3.8) is 0 Å². The molecule has 0 aliphatic heterocycles. The zero-order valence-corrected chi connectivity index (χ0v) is 22.9. The van der Waals surface area contributed by atoms with E-state index in [2.05, 4.69) is 42.0 Å². The molecule has 0 unspecified atom stereocenters. The van der Waals surface area contributed by atoms with E-state index in [1.165, 1.54) is 0 Å². The van der Waals surface area contributed by atoms with Crippen LogP contribution in [-0.4, -0.2) is 42.5 Å². The van der Waals surface area contributed by atoms with Crippen molar-refractivity contribution in [1.82, 2.24) is 10.2 Å². The van der Waals surface area contributed by atoms with Gasteiger partial charge in [0.15, 0.2) is 6.61 Å². The summed E-state index contributed by atoms with van der Waals surface area (Å²) in [6, 6.07) is 12.7. The molecule has 7 heteroatoms. The fraction of sp³-hybridized carbons (Fsp3) is 0.481. The molecule has 0 bridgehead atoms. The summed E-state index contributed by atoms with van der Waals surface area (Å²) in [5.41, 5.74) is 2.06. The number of benzene rings is 2. The van der Waals surface area contributed by atoms with Gasteiger partial charge in [-0.2, -0.15) is 0 Å². The van der Waals surface area contributed by atoms with E-state index >= 15 is 0 Å². The molecule has 34 heavy (non-hydrogen) atoms. The highest BCUT2D eigenvalue weighted by molar-refractivity contribution is 9.10. The average Bonchev–Trinajstić information content (AvgIpc) is 2.80. The molecular formula is C27H37BrN2O4. The Morgan fingerprint density at radius 1 is 1.09 bits per heavy atom. The Labute approximate surface area is 212 Å². The lowest BCUT2D eigenvalue weighted by Gasteiger charge is -2.29. The number of methoxy groups -OCH3 is 1. The van der Waals surface area contributed by atoms with Crippen molar-refractivity contribution in [1.29, 1.82) is 0 Å². The summed E-state index contributed by atoms with van der Waals surface area (Å²) < 4.78 is 11.9. The molecule has 1 N–H and O–H groups in total. The minimum absolute atomic E-state index is 0.00442. The van der Waals surface area contributed by atoms with E-state index < -0.39 is 6.04 Å². The molecule has 0 aliphatic carbocycles. The first-order chi connectivity index (χ1) is 16.0. The molecule has 0 saturated heterocycles. The minimum atomic E-state index is -0.654. The zero-order chi connectivity index (χ0) is 25.5. The second-order valence-corrected chi connectivity index (χ2v) is 10.4. The largest absolute Gasteiger partial charge is 0.497 e. The van der Waals surface area contributed by atoms with E-state index in [0.29, 0.717) is 5.75 Å². The van der Waals surface area contributed by atoms with Crippen LogP contribution in [0.3, 0.4) is 0 Å². The van der Waals surface area contributed by atoms with Gasteiger partial charge in [-0.25, -0.2) is 0 Å². The molecule has 0 spiro atoms. The summed E-state index contributed by atoms with van der Waals surface area (Å²) in [6.45, 7) is 12.2. The molecule has 2 atom stereocenters. The van der Waals surface area contributed by atoms with Gasteiger partial charge >= 0.3 is 0 Å². The summed E-state index contributed by atoms with van der Waals surface area (Å²) in [5, 5.41) is 2.97. The maximum atomic E-state index is 13.3. The van der Waals surface area contributed by atoms with Crippen molar-refractivity contribution in [3.8, 4) is 11.5 Å². The Balaban J connectivity index is 2.19. The van der Waals surface area contributed by atoms with Crippen LogP contribution < -0.4 is 14.8 Å². The van der Waals surface area contributed by atoms with Gasteiger partial charge in [0.2, 0.25) is 5.91 Å². The highest BCUT2D eigenvalue weighted by atomic mass is 79.9. The molecule has 2 aromatic rings. The lowest BCUT2D eigenvalue weighted by atomic mass is 9.87. The SMILES string of the molecule is CC[C@@H](C)NC(=O)[C@@H](C)N(Cc1ccc(OC)cc1)C(=O)COc1ccc(C(C)(C)C)cc1Br. The first-order valence-corrected chi connectivity index (χ1v) is 12.4. The molecule has 2 rings (SSSR count). The molecule has 186 valence electrons. The molecule has 0 radical (unpaired) electrons. The standard InChI is InChI=1S/C27H37BrN2O4/c1-8-18(2)29-26(32)19(3)30(16-20-9-12-22(33-7)13-10-20)25(31)17-34-24-14-11-21(15-23(24)28)27(4,5)6/h9-15,18-19H,8,16-17H2,1-7H3,(H,29,32)/t18-,19-/m1/s1. The lowest BCUT2D eigenvalue weighted by Crippen LogP contribution is -2.50. The minimum Gasteiger partial charge on any atom is -0.497 e. The Morgan fingerprint density at radius 3 is 2.26 bits per heavy atom. The van der Waals surface area contributed by atoms with E-state index in [1.807, 2.05) is 56.3 Å². The maximum absolute atomic E-state index is 13.3. The highest BCUT2D eigenvalue weighted by Gasteiger charge is 2.27. The van der Waals surface area contributed by atoms with Gasteiger partial charge in [-0.15, -0.1) is 0 Å². The first kappa shape index (κ1) is 27.7. The molecule has 6 nitrogen and oxygen atoms in total. The van der Waals surface area contributed by atoms with Gasteiger partial charge < -0.3 is 19.7 Å². The third kappa shape index (κ3) is 7.76. The normalized spacial score (nSPS) is 13.1. The van der Waals surface area contributed by atoms with Crippen molar-refractivity contribution in [2.24, 2.45) is 0 Å². The molecule has 2 aromatic carbocycles. The number of carbonyl (C=O) groups is 2. The van der Waals surface area contributed by atoms with Gasteiger partial charge in [-0.3, -0.25) is 9.59 Å². The average molecular weight is 534 g/mol. The molecule has 0 aromatic heterocycles. The number of nitrogens with one attached hydrogen (secondary N) is 1. The first-order valence-electron chi connectivity index (χ1n) is 11.6. The summed E-state index contributed by atoms with van der Waals surface area (Å²) in [5.74, 6) is 0.861. The lowest BCUT2D eigenvalue weighted by molar-refractivity contribution is -0.142. The maximum Gasteiger partial charge on any atom is 0.261 e. The van der Waals surface area contributed by atoms with Gasteiger partial charge in [0.25, 0.3) is 5.91 Å². The fourth-order valence-electron chi connectivity index (χ4n) is 3.28. The highest BCUT2D eigenvalue weighted by Crippen LogP contribution is 2.31. The molecule has 2 amide bonds. The Morgan fingerprint density at radius 2 is 1.74 bits per heavy atom. The molecule has 0 heterocycles. The number of rotatable bonds is 10. The van der Waals surface area contributed by atoms with E-state index in [4.69, 9.17) is 9.47 Å². The van der Waals surface area contributed by atoms with Gasteiger partial charge in [-0.1, -0.05) is 45.9 Å². The monoisotopic (exact) mass is 532 g/mol. The van der Waals surface area contributed by atoms with Gasteiger partial charge in [0.05, 0.1) is 11.6 Å². The van der Waals surface area contributed by atoms with Gasteiger partial charge in [0.1, 0.15) is 17.5 Å². The van der Waals surface area contributed by atoms with Crippen molar-refractivity contribution in [2.75, 3.05) is 13.7 Å². The van der Waals surface area contributed by atoms with Gasteiger partial charge in [0, 0.05) is 12.6 Å². The van der Waals surface area contributed by atoms with Crippen LogP contribution in [0.5, 0.6) is 11.5 Å². The van der Waals surface area contributed by atoms with Crippen molar-refractivity contribution >= 4 is 27.7 Å². The van der Waals surface area contributed by atoms with Crippen LogP contribution in [0.1, 0.15) is 59.1 Å². The van der Waals surface area contributed by atoms with Crippen molar-refractivity contribution < 1.29 is 19.1 Å². The number of hydrogen-bond acceptors (Lipinski definition) is 4. The van der Waals surface area contributed by atoms with Crippen LogP contribution in [0.15, 0.2) is 46.9 Å². The van der Waals surface area contributed by atoms with E-state index in [9.17, 15) is 9.59 Å². The summed E-state index contributed by atoms with van der Waals surface area (Å²) in [4.78, 5) is 27.7. The number of halogens is 1. The van der Waals surface area contributed by atoms with Crippen LogP contribution in [0.25, 0.3) is 0 Å². The molecule has 0 saturated carbocycles. The van der Waals surface area contributed by atoms with Crippen LogP contribution in [-0.2, 0) is 21.5 Å². The van der Waals surface area contributed by atoms with Crippen molar-refractivity contribution in [3.05, 3.63) is 58.1 Å². The second kappa shape index (κ2) is 12.2. The van der Waals surface area contributed by atoms with E-state index in [0.717, 1.165) is 27.8 Å². The van der Waals surface area contributed by atoms with Gasteiger partial charge in [-0.05, 0) is 77.0 Å². The predicted molar refractivity (Wildman–Crippen MR) is 139 cm³/mol. The van der Waals surface area contributed by atoms with E-state index in [-0.39, 0.29) is 36.4 Å². The second-order valence-electron chi connectivity index (χ2n) is 9.55. The smallest absolute Gasteiger partial charge is 0.261 e. The fourth-order valence-corrected chi connectivity index (χ4v) is 3.78. The topological polar surface area (TPSA) is 67.9 Å².